The molecular weight excluding hydrogens is 341 g/mol. The van der Waals surface area contributed by atoms with E-state index in [0.29, 0.717) is 13.0 Å². The Morgan fingerprint density at radius 3 is 2.67 bits per heavy atom. The quantitative estimate of drug-likeness (QED) is 0.654. The lowest BCUT2D eigenvalue weighted by atomic mass is 10.3. The summed E-state index contributed by atoms with van der Waals surface area (Å²) in [4.78, 5) is 9.84. The van der Waals surface area contributed by atoms with Crippen LogP contribution in [-0.2, 0) is 10.0 Å². The summed E-state index contributed by atoms with van der Waals surface area (Å²) in [7, 11) is -2.59. The number of benzene rings is 1. The van der Waals surface area contributed by atoms with Gasteiger partial charge in [0.2, 0.25) is 0 Å². The fourth-order valence-corrected chi connectivity index (χ4v) is 4.23. The maximum Gasteiger partial charge on any atom is 0.290 e. The molecule has 118 valence electrons. The number of hydrogen-bond donors (Lipinski definition) is 1. The Balaban J connectivity index is 0.00000220. The maximum atomic E-state index is 12.6. The molecule has 0 aliphatic carbocycles. The third-order valence-electron chi connectivity index (χ3n) is 3.33. The monoisotopic (exact) mass is 355 g/mol. The van der Waals surface area contributed by atoms with E-state index in [-0.39, 0.29) is 23.5 Å². The van der Waals surface area contributed by atoms with Crippen molar-refractivity contribution in [2.75, 3.05) is 20.1 Å². The Labute approximate surface area is 133 Å². The van der Waals surface area contributed by atoms with E-state index in [0.717, 1.165) is 16.9 Å². The van der Waals surface area contributed by atoms with Crippen molar-refractivity contribution in [3.63, 3.8) is 0 Å². The van der Waals surface area contributed by atoms with Gasteiger partial charge in [0.05, 0.1) is 9.95 Å². The molecule has 1 aliphatic rings. The van der Waals surface area contributed by atoms with Crippen LogP contribution < -0.4 is 5.32 Å². The summed E-state index contributed by atoms with van der Waals surface area (Å²) in [5, 5.41) is 13.9. The molecule has 0 amide bonds. The number of nitro groups is 1. The number of rotatable bonds is 4. The van der Waals surface area contributed by atoms with Crippen LogP contribution in [0.4, 0.5) is 5.69 Å². The van der Waals surface area contributed by atoms with Crippen molar-refractivity contribution in [1.29, 1.82) is 0 Å². The second-order valence-electron chi connectivity index (χ2n) is 4.51. The highest BCUT2D eigenvalue weighted by atomic mass is 35.5. The lowest BCUT2D eigenvalue weighted by Gasteiger charge is -2.23. The van der Waals surface area contributed by atoms with E-state index < -0.39 is 25.5 Å². The molecule has 0 aromatic heterocycles. The minimum Gasteiger partial charge on any atom is -0.315 e. The van der Waals surface area contributed by atoms with Gasteiger partial charge in [-0.2, -0.15) is 4.31 Å². The van der Waals surface area contributed by atoms with Crippen LogP contribution in [0.1, 0.15) is 6.42 Å². The smallest absolute Gasteiger partial charge is 0.290 e. The third kappa shape index (κ3) is 3.46. The van der Waals surface area contributed by atoms with Crippen LogP contribution in [0, 0.1) is 10.1 Å². The molecular formula is C11H15Cl2N3O4S. The zero-order valence-corrected chi connectivity index (χ0v) is 13.5. The highest BCUT2D eigenvalue weighted by Gasteiger charge is 2.36. The molecule has 7 nitrogen and oxygen atoms in total. The minimum absolute atomic E-state index is 0. The molecule has 0 saturated carbocycles. The van der Waals surface area contributed by atoms with Crippen molar-refractivity contribution >= 4 is 39.7 Å². The molecule has 1 saturated heterocycles. The van der Waals surface area contributed by atoms with Gasteiger partial charge in [-0.3, -0.25) is 10.1 Å². The first kappa shape index (κ1) is 18.1. The predicted molar refractivity (Wildman–Crippen MR) is 81.6 cm³/mol. The van der Waals surface area contributed by atoms with E-state index in [2.05, 4.69) is 5.32 Å². The normalized spacial score (nSPS) is 18.5. The van der Waals surface area contributed by atoms with Gasteiger partial charge in [-0.15, -0.1) is 12.4 Å². The molecule has 2 rings (SSSR count). The standard InChI is InChI=1S/C11H14ClN3O4S.ClH/c1-14(8-5-6-13-7-8)20(18,19)11-9(12)3-2-4-10(11)15(16)17;/h2-4,8,13H,5-7H2,1H3;1H. The SMILES string of the molecule is CN(C1CCNC1)S(=O)(=O)c1c(Cl)cccc1[N+](=O)[O-].Cl. The van der Waals surface area contributed by atoms with Crippen LogP contribution in [0.5, 0.6) is 0 Å². The molecule has 1 heterocycles. The summed E-state index contributed by atoms with van der Waals surface area (Å²) in [6.07, 6.45) is 0.661. The third-order valence-corrected chi connectivity index (χ3v) is 5.76. The Hall–Kier alpha value is -0.930. The lowest BCUT2D eigenvalue weighted by molar-refractivity contribution is -0.387. The molecule has 0 spiro atoms. The van der Waals surface area contributed by atoms with E-state index in [9.17, 15) is 18.5 Å². The fraction of sp³-hybridized carbons (Fsp3) is 0.455. The van der Waals surface area contributed by atoms with Crippen molar-refractivity contribution < 1.29 is 13.3 Å². The molecule has 1 aliphatic heterocycles. The van der Waals surface area contributed by atoms with E-state index in [1.807, 2.05) is 0 Å². The van der Waals surface area contributed by atoms with E-state index in [4.69, 9.17) is 11.6 Å². The first-order valence-corrected chi connectivity index (χ1v) is 7.79. The van der Waals surface area contributed by atoms with E-state index in [1.54, 1.807) is 0 Å². The number of hydrogen-bond acceptors (Lipinski definition) is 5. The summed E-state index contributed by atoms with van der Waals surface area (Å²) < 4.78 is 26.3. The minimum atomic E-state index is -4.01. The van der Waals surface area contributed by atoms with Crippen molar-refractivity contribution in [2.45, 2.75) is 17.4 Å². The van der Waals surface area contributed by atoms with Gasteiger partial charge >= 0.3 is 0 Å². The second-order valence-corrected chi connectivity index (χ2v) is 6.85. The van der Waals surface area contributed by atoms with Gasteiger partial charge in [0, 0.05) is 25.7 Å². The van der Waals surface area contributed by atoms with E-state index >= 15 is 0 Å². The van der Waals surface area contributed by atoms with Crippen molar-refractivity contribution in [3.8, 4) is 0 Å². The summed E-state index contributed by atoms with van der Waals surface area (Å²) >= 11 is 5.88. The zero-order valence-electron chi connectivity index (χ0n) is 11.2. The first-order valence-electron chi connectivity index (χ1n) is 5.97. The summed E-state index contributed by atoms with van der Waals surface area (Å²) in [5.41, 5.74) is -0.504. The van der Waals surface area contributed by atoms with Gasteiger partial charge in [0.1, 0.15) is 0 Å². The summed E-state index contributed by atoms with van der Waals surface area (Å²) in [6.45, 7) is 1.24. The number of halogens is 2. The van der Waals surface area contributed by atoms with Gasteiger partial charge < -0.3 is 5.32 Å². The topological polar surface area (TPSA) is 92.6 Å². The average Bonchev–Trinajstić information content (AvgIpc) is 2.90. The lowest BCUT2D eigenvalue weighted by Crippen LogP contribution is -2.38. The van der Waals surface area contributed by atoms with Crippen LogP contribution in [-0.4, -0.2) is 43.8 Å². The Morgan fingerprint density at radius 1 is 1.48 bits per heavy atom. The Bertz CT molecular complexity index is 632. The van der Waals surface area contributed by atoms with Gasteiger partial charge in [-0.05, 0) is 19.0 Å². The van der Waals surface area contributed by atoms with Crippen LogP contribution in [0.15, 0.2) is 23.1 Å². The van der Waals surface area contributed by atoms with Gasteiger partial charge in [0.25, 0.3) is 15.7 Å². The van der Waals surface area contributed by atoms with Crippen LogP contribution in [0.2, 0.25) is 5.02 Å². The molecule has 10 heteroatoms. The number of likely N-dealkylation sites (N-methyl/N-ethyl adjacent to an activating group) is 1. The number of nitrogens with one attached hydrogen (secondary N) is 1. The van der Waals surface area contributed by atoms with Crippen LogP contribution >= 0.6 is 24.0 Å². The molecule has 1 unspecified atom stereocenters. The zero-order chi connectivity index (χ0) is 14.9. The second kappa shape index (κ2) is 6.89. The number of sulfonamides is 1. The van der Waals surface area contributed by atoms with Gasteiger partial charge in [-0.25, -0.2) is 8.42 Å². The molecule has 1 aromatic rings. The fourth-order valence-electron chi connectivity index (χ4n) is 2.19. The molecule has 1 atom stereocenters. The highest BCUT2D eigenvalue weighted by Crippen LogP contribution is 2.33. The highest BCUT2D eigenvalue weighted by molar-refractivity contribution is 7.89. The largest absolute Gasteiger partial charge is 0.315 e. The van der Waals surface area contributed by atoms with Gasteiger partial charge in [0.15, 0.2) is 4.90 Å². The maximum absolute atomic E-state index is 12.6. The number of nitrogens with zero attached hydrogens (tertiary/aromatic N) is 2. The van der Waals surface area contributed by atoms with Crippen molar-refractivity contribution in [1.82, 2.24) is 9.62 Å². The van der Waals surface area contributed by atoms with Crippen molar-refractivity contribution in [3.05, 3.63) is 33.3 Å². The van der Waals surface area contributed by atoms with Crippen molar-refractivity contribution in [2.24, 2.45) is 0 Å². The summed E-state index contributed by atoms with van der Waals surface area (Å²) in [6, 6.07) is 3.61. The molecule has 1 N–H and O–H groups in total. The Morgan fingerprint density at radius 2 is 2.14 bits per heavy atom. The van der Waals surface area contributed by atoms with E-state index in [1.165, 1.54) is 19.2 Å². The average molecular weight is 356 g/mol. The predicted octanol–water partition coefficient (Wildman–Crippen LogP) is 1.65. The number of nitro benzene ring substituents is 1. The molecule has 1 aromatic carbocycles. The van der Waals surface area contributed by atoms with Crippen LogP contribution in [0.3, 0.4) is 0 Å². The molecule has 0 bridgehead atoms. The molecule has 21 heavy (non-hydrogen) atoms. The van der Waals surface area contributed by atoms with Gasteiger partial charge in [-0.1, -0.05) is 17.7 Å². The Kier molecular flexibility index (Phi) is 5.94. The molecule has 0 radical (unpaired) electrons. The molecule has 1 fully saturated rings. The van der Waals surface area contributed by atoms with Crippen LogP contribution in [0.25, 0.3) is 0 Å². The first-order chi connectivity index (χ1) is 9.35. The summed E-state index contributed by atoms with van der Waals surface area (Å²) in [5.74, 6) is 0.